The zero-order valence-electron chi connectivity index (χ0n) is 9.58. The Morgan fingerprint density at radius 3 is 2.84 bits per heavy atom. The summed E-state index contributed by atoms with van der Waals surface area (Å²) in [5, 5.41) is 5.17. The highest BCUT2D eigenvalue weighted by Gasteiger charge is 2.34. The average Bonchev–Trinajstić information content (AvgIpc) is 2.61. The number of sulfonamides is 1. The Hall–Kier alpha value is -0.770. The number of halogens is 2. The fraction of sp³-hybridized carbons (Fsp3) is 0.444. The molecule has 1 atom stereocenters. The van der Waals surface area contributed by atoms with E-state index >= 15 is 0 Å². The minimum Gasteiger partial charge on any atom is -0.295 e. The van der Waals surface area contributed by atoms with Gasteiger partial charge in [-0.25, -0.2) is 23.5 Å². The van der Waals surface area contributed by atoms with Crippen molar-refractivity contribution in [1.82, 2.24) is 9.97 Å². The van der Waals surface area contributed by atoms with Crippen LogP contribution in [0.1, 0.15) is 6.42 Å². The number of amides is 1. The first-order chi connectivity index (χ1) is 8.78. The van der Waals surface area contributed by atoms with Crippen molar-refractivity contribution in [3.05, 3.63) is 16.0 Å². The second kappa shape index (κ2) is 5.31. The van der Waals surface area contributed by atoms with Gasteiger partial charge < -0.3 is 0 Å². The Balaban J connectivity index is 2.23. The molecule has 2 rings (SSSR count). The topological polar surface area (TPSA) is 106 Å². The van der Waals surface area contributed by atoms with E-state index in [1.54, 1.807) is 0 Å². The molecule has 19 heavy (non-hydrogen) atoms. The largest absolute Gasteiger partial charge is 0.295 e. The summed E-state index contributed by atoms with van der Waals surface area (Å²) in [5.74, 6) is -0.458. The van der Waals surface area contributed by atoms with Crippen LogP contribution in [-0.4, -0.2) is 36.6 Å². The van der Waals surface area contributed by atoms with Crippen LogP contribution in [0.15, 0.2) is 10.8 Å². The van der Waals surface area contributed by atoms with Gasteiger partial charge in [0.25, 0.3) is 0 Å². The average molecular weight is 370 g/mol. The molecular weight excluding hydrogens is 360 g/mol. The molecule has 7 nitrogen and oxygen atoms in total. The number of hydrogen-bond donors (Lipinski definition) is 1. The van der Waals surface area contributed by atoms with Crippen molar-refractivity contribution in [2.24, 2.45) is 11.1 Å². The first-order valence-electron chi connectivity index (χ1n) is 5.25. The summed E-state index contributed by atoms with van der Waals surface area (Å²) in [4.78, 5) is 21.0. The van der Waals surface area contributed by atoms with Crippen molar-refractivity contribution < 1.29 is 13.2 Å². The summed E-state index contributed by atoms with van der Waals surface area (Å²) in [7, 11) is -3.60. The Bertz CT molecular complexity index is 624. The van der Waals surface area contributed by atoms with Crippen molar-refractivity contribution in [3.63, 3.8) is 0 Å². The highest BCUT2D eigenvalue weighted by atomic mass is 79.9. The van der Waals surface area contributed by atoms with E-state index < -0.39 is 10.0 Å². The van der Waals surface area contributed by atoms with Crippen LogP contribution >= 0.6 is 27.5 Å². The first kappa shape index (κ1) is 14.6. The van der Waals surface area contributed by atoms with Gasteiger partial charge in [0, 0.05) is 18.9 Å². The molecule has 1 unspecified atom stereocenters. The highest BCUT2D eigenvalue weighted by Crippen LogP contribution is 2.33. The van der Waals surface area contributed by atoms with E-state index in [-0.39, 0.29) is 35.7 Å². The van der Waals surface area contributed by atoms with Gasteiger partial charge in [0.05, 0.1) is 10.2 Å². The number of carbonyl (C=O) groups excluding carboxylic acids is 1. The second-order valence-electron chi connectivity index (χ2n) is 4.21. The third-order valence-electron chi connectivity index (χ3n) is 2.66. The fourth-order valence-corrected chi connectivity index (χ4v) is 3.38. The predicted octanol–water partition coefficient (Wildman–Crippen LogP) is 0.534. The normalized spacial score (nSPS) is 20.1. The van der Waals surface area contributed by atoms with Gasteiger partial charge in [-0.05, 0) is 15.9 Å². The van der Waals surface area contributed by atoms with Gasteiger partial charge in [-0.15, -0.1) is 0 Å². The minimum atomic E-state index is -3.60. The monoisotopic (exact) mass is 368 g/mol. The summed E-state index contributed by atoms with van der Waals surface area (Å²) in [6.07, 6.45) is 1.35. The predicted molar refractivity (Wildman–Crippen MR) is 73.2 cm³/mol. The van der Waals surface area contributed by atoms with Crippen molar-refractivity contribution in [3.8, 4) is 0 Å². The molecule has 1 aliphatic rings. The third-order valence-corrected chi connectivity index (χ3v) is 4.84. The van der Waals surface area contributed by atoms with Crippen LogP contribution in [0.5, 0.6) is 0 Å². The molecule has 1 fully saturated rings. The van der Waals surface area contributed by atoms with Crippen LogP contribution in [0.3, 0.4) is 0 Å². The van der Waals surface area contributed by atoms with E-state index in [9.17, 15) is 13.2 Å². The SMILES string of the molecule is NS(=O)(=O)CC1CC(=O)N(c2ncnc(Cl)c2Br)C1. The quantitative estimate of drug-likeness (QED) is 0.782. The molecular formula is C9H10BrClN4O3S. The Kier molecular flexibility index (Phi) is 4.09. The third kappa shape index (κ3) is 3.41. The maximum atomic E-state index is 11.9. The summed E-state index contributed by atoms with van der Waals surface area (Å²) in [6, 6.07) is 0. The van der Waals surface area contributed by atoms with Crippen LogP contribution in [-0.2, 0) is 14.8 Å². The number of hydrogen-bond acceptors (Lipinski definition) is 5. The van der Waals surface area contributed by atoms with Gasteiger partial charge in [-0.3, -0.25) is 9.69 Å². The van der Waals surface area contributed by atoms with E-state index in [0.29, 0.717) is 10.3 Å². The Morgan fingerprint density at radius 2 is 2.21 bits per heavy atom. The number of primary sulfonamides is 1. The smallest absolute Gasteiger partial charge is 0.228 e. The molecule has 2 heterocycles. The Morgan fingerprint density at radius 1 is 1.53 bits per heavy atom. The summed E-state index contributed by atoms with van der Waals surface area (Å²) >= 11 is 9.04. The number of nitrogens with two attached hydrogens (primary N) is 1. The molecule has 104 valence electrons. The highest BCUT2D eigenvalue weighted by molar-refractivity contribution is 9.10. The van der Waals surface area contributed by atoms with Crippen LogP contribution in [0.25, 0.3) is 0 Å². The molecule has 0 aromatic carbocycles. The number of anilines is 1. The fourth-order valence-electron chi connectivity index (χ4n) is 1.95. The minimum absolute atomic E-state index is 0.116. The van der Waals surface area contributed by atoms with Gasteiger partial charge in [0.2, 0.25) is 15.9 Å². The molecule has 10 heteroatoms. The standard InChI is InChI=1S/C9H10BrClN4O3S/c10-7-8(11)13-4-14-9(7)15-2-5(1-6(15)16)3-19(12,17)18/h4-5H,1-3H2,(H2,12,17,18). The van der Waals surface area contributed by atoms with Crippen LogP contribution in [0.2, 0.25) is 5.15 Å². The first-order valence-corrected chi connectivity index (χ1v) is 8.13. The molecule has 0 bridgehead atoms. The summed E-state index contributed by atoms with van der Waals surface area (Å²) in [5.41, 5.74) is 0. The molecule has 0 saturated carbocycles. The van der Waals surface area contributed by atoms with Crippen molar-refractivity contribution >= 4 is 49.3 Å². The number of carbonyl (C=O) groups is 1. The van der Waals surface area contributed by atoms with Crippen LogP contribution in [0, 0.1) is 5.92 Å². The van der Waals surface area contributed by atoms with Gasteiger partial charge in [-0.1, -0.05) is 11.6 Å². The lowest BCUT2D eigenvalue weighted by atomic mass is 10.1. The lowest BCUT2D eigenvalue weighted by molar-refractivity contribution is -0.117. The van der Waals surface area contributed by atoms with Gasteiger partial charge in [-0.2, -0.15) is 0 Å². The molecule has 1 aromatic rings. The maximum absolute atomic E-state index is 11.9. The number of nitrogens with zero attached hydrogens (tertiary/aromatic N) is 3. The summed E-state index contributed by atoms with van der Waals surface area (Å²) in [6.45, 7) is 0.237. The van der Waals surface area contributed by atoms with E-state index in [1.165, 1.54) is 11.2 Å². The maximum Gasteiger partial charge on any atom is 0.228 e. The van der Waals surface area contributed by atoms with Crippen molar-refractivity contribution in [1.29, 1.82) is 0 Å². The van der Waals surface area contributed by atoms with E-state index in [1.807, 2.05) is 0 Å². The molecule has 1 saturated heterocycles. The number of aromatic nitrogens is 2. The molecule has 0 spiro atoms. The van der Waals surface area contributed by atoms with Crippen LogP contribution < -0.4 is 10.0 Å². The van der Waals surface area contributed by atoms with Gasteiger partial charge >= 0.3 is 0 Å². The van der Waals surface area contributed by atoms with E-state index in [4.69, 9.17) is 16.7 Å². The lowest BCUT2D eigenvalue weighted by Gasteiger charge is -2.16. The van der Waals surface area contributed by atoms with E-state index in [0.717, 1.165) is 0 Å². The molecule has 1 amide bonds. The molecule has 1 aromatic heterocycles. The lowest BCUT2D eigenvalue weighted by Crippen LogP contribution is -2.28. The molecule has 2 N–H and O–H groups in total. The van der Waals surface area contributed by atoms with Gasteiger partial charge in [0.1, 0.15) is 11.5 Å². The number of rotatable bonds is 3. The second-order valence-corrected chi connectivity index (χ2v) is 7.02. The van der Waals surface area contributed by atoms with Gasteiger partial charge in [0.15, 0.2) is 5.82 Å². The van der Waals surface area contributed by atoms with Crippen molar-refractivity contribution in [2.75, 3.05) is 17.2 Å². The van der Waals surface area contributed by atoms with Crippen LogP contribution in [0.4, 0.5) is 5.82 Å². The van der Waals surface area contributed by atoms with Crippen molar-refractivity contribution in [2.45, 2.75) is 6.42 Å². The molecule has 0 radical (unpaired) electrons. The Labute approximate surface area is 123 Å². The summed E-state index contributed by atoms with van der Waals surface area (Å²) < 4.78 is 22.5. The molecule has 0 aliphatic carbocycles. The zero-order chi connectivity index (χ0) is 14.2. The zero-order valence-corrected chi connectivity index (χ0v) is 12.7. The molecule has 1 aliphatic heterocycles. The van der Waals surface area contributed by atoms with E-state index in [2.05, 4.69) is 25.9 Å².